The van der Waals surface area contributed by atoms with Crippen molar-refractivity contribution in [1.82, 2.24) is 19.4 Å². The monoisotopic (exact) mass is 434 g/mol. The third kappa shape index (κ3) is 3.79. The van der Waals surface area contributed by atoms with Gasteiger partial charge in [-0.05, 0) is 31.4 Å². The number of nitriles is 2. The van der Waals surface area contributed by atoms with Gasteiger partial charge in [0, 0.05) is 25.2 Å². The second-order valence-electron chi connectivity index (χ2n) is 7.79. The molecule has 3 heterocycles. The summed E-state index contributed by atoms with van der Waals surface area (Å²) in [4.78, 5) is 15.3. The predicted molar refractivity (Wildman–Crippen MR) is 116 cm³/mol. The Morgan fingerprint density at radius 1 is 1.13 bits per heavy atom. The molecule has 0 radical (unpaired) electrons. The highest BCUT2D eigenvalue weighted by Crippen LogP contribution is 2.37. The Hall–Kier alpha value is -3.60. The van der Waals surface area contributed by atoms with E-state index in [1.54, 1.807) is 22.7 Å². The SMILES string of the molecule is N#Cc1cc(Nc2nc(NC3CC3)n3cc(C#N)nc3n2)c(Cl)c(N2CCC(N)C2)c1. The molecule has 1 unspecified atom stereocenters. The number of nitrogens with zero attached hydrogens (tertiary/aromatic N) is 7. The molecule has 156 valence electrons. The molecule has 1 aliphatic heterocycles. The van der Waals surface area contributed by atoms with E-state index in [4.69, 9.17) is 17.3 Å². The summed E-state index contributed by atoms with van der Waals surface area (Å²) < 4.78 is 1.66. The zero-order valence-corrected chi connectivity index (χ0v) is 17.3. The molecule has 1 aromatic carbocycles. The number of nitrogens with one attached hydrogen (secondary N) is 2. The molecule has 1 atom stereocenters. The summed E-state index contributed by atoms with van der Waals surface area (Å²) in [6, 6.07) is 8.06. The lowest BCUT2D eigenvalue weighted by molar-refractivity contribution is 0.752. The topological polar surface area (TPSA) is 144 Å². The first-order valence-electron chi connectivity index (χ1n) is 9.99. The van der Waals surface area contributed by atoms with Crippen molar-refractivity contribution in [1.29, 1.82) is 10.5 Å². The molecule has 0 amide bonds. The number of fused-ring (bicyclic) bond motifs is 1. The summed E-state index contributed by atoms with van der Waals surface area (Å²) in [6.45, 7) is 1.45. The van der Waals surface area contributed by atoms with Gasteiger partial charge >= 0.3 is 0 Å². The van der Waals surface area contributed by atoms with E-state index >= 15 is 0 Å². The molecule has 2 fully saturated rings. The minimum atomic E-state index is 0.0785. The first-order chi connectivity index (χ1) is 15.0. The van der Waals surface area contributed by atoms with Crippen LogP contribution in [-0.2, 0) is 0 Å². The van der Waals surface area contributed by atoms with Crippen molar-refractivity contribution in [3.05, 3.63) is 34.6 Å². The Kier molecular flexibility index (Phi) is 4.74. The van der Waals surface area contributed by atoms with Crippen LogP contribution >= 0.6 is 11.6 Å². The lowest BCUT2D eigenvalue weighted by Gasteiger charge is -2.22. The highest BCUT2D eigenvalue weighted by atomic mass is 35.5. The average Bonchev–Trinajstić information content (AvgIpc) is 3.30. The van der Waals surface area contributed by atoms with Crippen LogP contribution < -0.4 is 21.3 Å². The van der Waals surface area contributed by atoms with Crippen molar-refractivity contribution in [3.63, 3.8) is 0 Å². The molecule has 10 nitrogen and oxygen atoms in total. The zero-order valence-electron chi connectivity index (χ0n) is 16.5. The number of anilines is 4. The third-order valence-electron chi connectivity index (χ3n) is 5.35. The van der Waals surface area contributed by atoms with Gasteiger partial charge in [0.15, 0.2) is 5.69 Å². The fourth-order valence-electron chi connectivity index (χ4n) is 3.62. The number of rotatable bonds is 5. The van der Waals surface area contributed by atoms with E-state index in [0.29, 0.717) is 40.6 Å². The number of imidazole rings is 1. The maximum absolute atomic E-state index is 9.51. The molecular formula is C20H19ClN10. The largest absolute Gasteiger partial charge is 0.369 e. The van der Waals surface area contributed by atoms with Gasteiger partial charge in [-0.3, -0.25) is 4.40 Å². The molecule has 0 bridgehead atoms. The molecule has 3 aromatic rings. The van der Waals surface area contributed by atoms with Gasteiger partial charge in [-0.2, -0.15) is 25.5 Å². The third-order valence-corrected chi connectivity index (χ3v) is 5.75. The zero-order chi connectivity index (χ0) is 21.5. The van der Waals surface area contributed by atoms with Crippen LogP contribution in [0.1, 0.15) is 30.5 Å². The normalized spacial score (nSPS) is 18.1. The van der Waals surface area contributed by atoms with Crippen LogP contribution in [0.5, 0.6) is 0 Å². The minimum absolute atomic E-state index is 0.0785. The van der Waals surface area contributed by atoms with Crippen LogP contribution in [0.15, 0.2) is 18.3 Å². The van der Waals surface area contributed by atoms with E-state index in [0.717, 1.165) is 31.5 Å². The summed E-state index contributed by atoms with van der Waals surface area (Å²) in [5, 5.41) is 25.7. The Bertz CT molecular complexity index is 1250. The van der Waals surface area contributed by atoms with Crippen LogP contribution in [0.2, 0.25) is 5.02 Å². The van der Waals surface area contributed by atoms with Crippen LogP contribution in [-0.4, -0.2) is 44.5 Å². The van der Waals surface area contributed by atoms with Gasteiger partial charge in [0.25, 0.3) is 0 Å². The van der Waals surface area contributed by atoms with Gasteiger partial charge in [0.05, 0.1) is 34.2 Å². The molecule has 0 spiro atoms. The number of benzene rings is 1. The molecule has 1 saturated carbocycles. The van der Waals surface area contributed by atoms with Crippen LogP contribution in [0.4, 0.5) is 23.3 Å². The molecule has 5 rings (SSSR count). The minimum Gasteiger partial charge on any atom is -0.369 e. The number of hydrogen-bond donors (Lipinski definition) is 3. The van der Waals surface area contributed by atoms with Gasteiger partial charge in [-0.15, -0.1) is 0 Å². The van der Waals surface area contributed by atoms with E-state index < -0.39 is 0 Å². The number of nitrogens with two attached hydrogens (primary N) is 1. The molecule has 11 heteroatoms. The van der Waals surface area contributed by atoms with Crippen molar-refractivity contribution in [3.8, 4) is 12.1 Å². The fraction of sp³-hybridized carbons (Fsp3) is 0.350. The maximum atomic E-state index is 9.51. The number of hydrogen-bond acceptors (Lipinski definition) is 9. The van der Waals surface area contributed by atoms with Crippen molar-refractivity contribution in [2.75, 3.05) is 28.6 Å². The second-order valence-corrected chi connectivity index (χ2v) is 8.16. The lowest BCUT2D eigenvalue weighted by atomic mass is 10.1. The molecular weight excluding hydrogens is 416 g/mol. The Balaban J connectivity index is 1.54. The molecule has 1 aliphatic carbocycles. The van der Waals surface area contributed by atoms with E-state index in [9.17, 15) is 10.5 Å². The van der Waals surface area contributed by atoms with Gasteiger partial charge < -0.3 is 21.3 Å². The standard InChI is InChI=1S/C20H19ClN10/c21-17-15(5-11(7-22)6-16(17)30-4-3-12(24)9-30)27-18-28-19(25-13-1-2-13)31-10-14(8-23)26-20(31)29-18/h5-6,10,12-13H,1-4,9,24H2,(H2,25,26,27,28,29). The summed E-state index contributed by atoms with van der Waals surface area (Å²) in [5.74, 6) is 1.16. The average molecular weight is 435 g/mol. The summed E-state index contributed by atoms with van der Waals surface area (Å²) in [6.07, 6.45) is 4.59. The van der Waals surface area contributed by atoms with Gasteiger partial charge in [0.2, 0.25) is 17.7 Å². The smallest absolute Gasteiger partial charge is 0.241 e. The van der Waals surface area contributed by atoms with Gasteiger partial charge in [-0.1, -0.05) is 11.6 Å². The van der Waals surface area contributed by atoms with Crippen molar-refractivity contribution in [2.45, 2.75) is 31.3 Å². The quantitative estimate of drug-likeness (QED) is 0.551. The van der Waals surface area contributed by atoms with Crippen LogP contribution in [0.25, 0.3) is 5.78 Å². The first-order valence-corrected chi connectivity index (χ1v) is 10.4. The first kappa shape index (κ1) is 19.4. The van der Waals surface area contributed by atoms with Crippen LogP contribution in [0.3, 0.4) is 0 Å². The van der Waals surface area contributed by atoms with Crippen molar-refractivity contribution < 1.29 is 0 Å². The van der Waals surface area contributed by atoms with E-state index in [1.807, 2.05) is 6.07 Å². The van der Waals surface area contributed by atoms with Gasteiger partial charge in [0.1, 0.15) is 6.07 Å². The molecule has 1 saturated heterocycles. The Labute approximate surface area is 183 Å². The summed E-state index contributed by atoms with van der Waals surface area (Å²) in [7, 11) is 0. The fourth-order valence-corrected chi connectivity index (χ4v) is 3.90. The number of aromatic nitrogens is 4. The van der Waals surface area contributed by atoms with E-state index in [2.05, 4.69) is 36.6 Å². The molecule has 2 aromatic heterocycles. The summed E-state index contributed by atoms with van der Waals surface area (Å²) >= 11 is 6.70. The molecule has 4 N–H and O–H groups in total. The summed E-state index contributed by atoms with van der Waals surface area (Å²) in [5.41, 5.74) is 8.03. The van der Waals surface area contributed by atoms with E-state index in [-0.39, 0.29) is 17.7 Å². The van der Waals surface area contributed by atoms with Crippen molar-refractivity contribution >= 4 is 40.7 Å². The van der Waals surface area contributed by atoms with Crippen LogP contribution in [0, 0.1) is 22.7 Å². The Morgan fingerprint density at radius 2 is 1.97 bits per heavy atom. The second kappa shape index (κ2) is 7.58. The highest BCUT2D eigenvalue weighted by Gasteiger charge is 2.25. The predicted octanol–water partition coefficient (Wildman–Crippen LogP) is 2.38. The van der Waals surface area contributed by atoms with Crippen molar-refractivity contribution in [2.24, 2.45) is 5.73 Å². The number of halogens is 1. The Morgan fingerprint density at radius 3 is 2.65 bits per heavy atom. The molecule has 31 heavy (non-hydrogen) atoms. The molecule has 2 aliphatic rings. The van der Waals surface area contributed by atoms with E-state index in [1.165, 1.54) is 0 Å². The highest BCUT2D eigenvalue weighted by molar-refractivity contribution is 6.36. The van der Waals surface area contributed by atoms with Gasteiger partial charge in [-0.25, -0.2) is 0 Å². The lowest BCUT2D eigenvalue weighted by Crippen LogP contribution is -2.26. The maximum Gasteiger partial charge on any atom is 0.241 e.